The van der Waals surface area contributed by atoms with E-state index in [-0.39, 0.29) is 0 Å². The molecule has 0 heterocycles. The van der Waals surface area contributed by atoms with Crippen LogP contribution >= 0.6 is 0 Å². The van der Waals surface area contributed by atoms with Crippen LogP contribution in [0.15, 0.2) is 0 Å². The average molecular weight is 138 g/mol. The van der Waals surface area contributed by atoms with Gasteiger partial charge >= 0.3 is 0 Å². The van der Waals surface area contributed by atoms with Crippen molar-refractivity contribution in [3.63, 3.8) is 0 Å². The summed E-state index contributed by atoms with van der Waals surface area (Å²) < 4.78 is 19.8. The summed E-state index contributed by atoms with van der Waals surface area (Å²) in [6.45, 7) is 0. The number of primary sulfonamides is 1. The normalized spacial score (nSPS) is 11.1. The molecule has 0 unspecified atom stereocenters. The second-order valence-corrected chi connectivity index (χ2v) is 2.89. The van der Waals surface area contributed by atoms with Gasteiger partial charge in [-0.15, -0.1) is 0 Å². The molecular weight excluding hydrogens is 132 g/mol. The number of carbonyl (C=O) groups is 1. The number of rotatable bonds is 2. The first-order valence-corrected chi connectivity index (χ1v) is 3.42. The number of primary amides is 1. The second-order valence-electron chi connectivity index (χ2n) is 1.27. The molecule has 0 rings (SSSR count). The molecule has 0 aliphatic heterocycles. The Morgan fingerprint density at radius 2 is 1.88 bits per heavy atom. The molecule has 0 aromatic heterocycles. The minimum atomic E-state index is -3.70. The molecule has 0 aliphatic rings. The maximum Gasteiger partial charge on any atom is 0.234 e. The van der Waals surface area contributed by atoms with Crippen molar-refractivity contribution in [3.8, 4) is 0 Å². The highest BCUT2D eigenvalue weighted by atomic mass is 32.2. The topological polar surface area (TPSA) is 103 Å². The van der Waals surface area contributed by atoms with Crippen molar-refractivity contribution >= 4 is 15.9 Å². The summed E-state index contributed by atoms with van der Waals surface area (Å²) in [6, 6.07) is 0. The van der Waals surface area contributed by atoms with E-state index in [1.807, 2.05) is 0 Å². The van der Waals surface area contributed by atoms with Crippen molar-refractivity contribution in [2.75, 3.05) is 5.75 Å². The molecule has 0 aromatic rings. The maximum absolute atomic E-state index is 9.92. The summed E-state index contributed by atoms with van der Waals surface area (Å²) in [5, 5.41) is 4.41. The predicted octanol–water partition coefficient (Wildman–Crippen LogP) is -2.24. The molecule has 1 amide bonds. The second kappa shape index (κ2) is 2.10. The Hall–Kier alpha value is -0.620. The summed E-state index contributed by atoms with van der Waals surface area (Å²) >= 11 is 0. The van der Waals surface area contributed by atoms with E-state index < -0.39 is 21.7 Å². The van der Waals surface area contributed by atoms with Crippen molar-refractivity contribution in [3.05, 3.63) is 0 Å². The molecule has 0 saturated carbocycles. The van der Waals surface area contributed by atoms with E-state index in [4.69, 9.17) is 0 Å². The molecule has 0 fully saturated rings. The van der Waals surface area contributed by atoms with Crippen molar-refractivity contribution in [1.82, 2.24) is 0 Å². The van der Waals surface area contributed by atoms with E-state index in [0.29, 0.717) is 0 Å². The van der Waals surface area contributed by atoms with Crippen LogP contribution in [-0.2, 0) is 14.8 Å². The molecular formula is C2H6N2O3S. The van der Waals surface area contributed by atoms with Gasteiger partial charge in [-0.05, 0) is 0 Å². The highest BCUT2D eigenvalue weighted by Gasteiger charge is 2.05. The lowest BCUT2D eigenvalue weighted by molar-refractivity contribution is -0.115. The largest absolute Gasteiger partial charge is 0.369 e. The SMILES string of the molecule is NC(=O)CS(N)(=O)=O. The van der Waals surface area contributed by atoms with E-state index in [9.17, 15) is 13.2 Å². The van der Waals surface area contributed by atoms with Crippen molar-refractivity contribution in [1.29, 1.82) is 0 Å². The van der Waals surface area contributed by atoms with Crippen molar-refractivity contribution in [2.24, 2.45) is 10.9 Å². The third-order valence-corrected chi connectivity index (χ3v) is 1.03. The third-order valence-electron chi connectivity index (χ3n) is 0.343. The van der Waals surface area contributed by atoms with Crippen LogP contribution in [0.2, 0.25) is 0 Å². The smallest absolute Gasteiger partial charge is 0.234 e. The van der Waals surface area contributed by atoms with Crippen LogP contribution in [-0.4, -0.2) is 20.1 Å². The van der Waals surface area contributed by atoms with E-state index in [1.54, 1.807) is 0 Å². The van der Waals surface area contributed by atoms with Crippen LogP contribution in [0.4, 0.5) is 0 Å². The number of nitrogens with two attached hydrogens (primary N) is 2. The lowest BCUT2D eigenvalue weighted by Gasteiger charge is -1.87. The van der Waals surface area contributed by atoms with E-state index >= 15 is 0 Å². The Morgan fingerprint density at radius 1 is 1.50 bits per heavy atom. The van der Waals surface area contributed by atoms with Gasteiger partial charge in [0.25, 0.3) is 0 Å². The summed E-state index contributed by atoms with van der Waals surface area (Å²) in [7, 11) is -3.70. The van der Waals surface area contributed by atoms with Crippen molar-refractivity contribution < 1.29 is 13.2 Å². The molecule has 0 aromatic carbocycles. The fourth-order valence-corrected chi connectivity index (χ4v) is 0.595. The summed E-state index contributed by atoms with van der Waals surface area (Å²) in [4.78, 5) is 9.78. The fraction of sp³-hybridized carbons (Fsp3) is 0.500. The van der Waals surface area contributed by atoms with Gasteiger partial charge in [-0.3, -0.25) is 4.79 Å². The first kappa shape index (κ1) is 7.38. The highest BCUT2D eigenvalue weighted by molar-refractivity contribution is 7.89. The predicted molar refractivity (Wildman–Crippen MR) is 27.2 cm³/mol. The Kier molecular flexibility index (Phi) is 1.94. The summed E-state index contributed by atoms with van der Waals surface area (Å²) in [6.07, 6.45) is 0. The molecule has 4 N–H and O–H groups in total. The van der Waals surface area contributed by atoms with Gasteiger partial charge in [-0.1, -0.05) is 0 Å². The average Bonchev–Trinajstić information content (AvgIpc) is 1.21. The minimum absolute atomic E-state index is 0.785. The quantitative estimate of drug-likeness (QED) is 0.450. The molecule has 0 aliphatic carbocycles. The molecule has 48 valence electrons. The number of amides is 1. The molecule has 0 atom stereocenters. The minimum Gasteiger partial charge on any atom is -0.369 e. The molecule has 5 nitrogen and oxygen atoms in total. The molecule has 6 heteroatoms. The van der Waals surface area contributed by atoms with Gasteiger partial charge < -0.3 is 5.73 Å². The zero-order chi connectivity index (χ0) is 6.78. The fourth-order valence-electron chi connectivity index (χ4n) is 0.198. The van der Waals surface area contributed by atoms with Crippen LogP contribution in [0.25, 0.3) is 0 Å². The number of sulfonamides is 1. The van der Waals surface area contributed by atoms with Crippen LogP contribution in [0.3, 0.4) is 0 Å². The lowest BCUT2D eigenvalue weighted by Crippen LogP contribution is -2.27. The number of hydrogen-bond acceptors (Lipinski definition) is 3. The first-order valence-electron chi connectivity index (χ1n) is 1.70. The Labute approximate surface area is 46.7 Å². The number of carbonyl (C=O) groups excluding carboxylic acids is 1. The maximum atomic E-state index is 9.92. The summed E-state index contributed by atoms with van der Waals surface area (Å²) in [5.41, 5.74) is 4.48. The van der Waals surface area contributed by atoms with Crippen LogP contribution in [0.5, 0.6) is 0 Å². The van der Waals surface area contributed by atoms with Gasteiger partial charge in [0.15, 0.2) is 0 Å². The van der Waals surface area contributed by atoms with Crippen LogP contribution in [0, 0.1) is 0 Å². The van der Waals surface area contributed by atoms with Crippen LogP contribution < -0.4 is 10.9 Å². The van der Waals surface area contributed by atoms with Gasteiger partial charge in [-0.25, -0.2) is 13.6 Å². The molecule has 0 bridgehead atoms. The van der Waals surface area contributed by atoms with E-state index in [1.165, 1.54) is 0 Å². The standard InChI is InChI=1S/C2H6N2O3S/c3-2(5)1-8(4,6)7/h1H2,(H2,3,5)(H2,4,6,7). The Morgan fingerprint density at radius 3 is 1.88 bits per heavy atom. The third kappa shape index (κ3) is 5.38. The monoisotopic (exact) mass is 138 g/mol. The van der Waals surface area contributed by atoms with Gasteiger partial charge in [0.1, 0.15) is 5.75 Å². The number of hydrogen-bond donors (Lipinski definition) is 2. The van der Waals surface area contributed by atoms with E-state index in [2.05, 4.69) is 10.9 Å². The molecule has 0 radical (unpaired) electrons. The lowest BCUT2D eigenvalue weighted by atomic mass is 10.8. The van der Waals surface area contributed by atoms with Crippen molar-refractivity contribution in [2.45, 2.75) is 0 Å². The highest BCUT2D eigenvalue weighted by Crippen LogP contribution is 1.71. The van der Waals surface area contributed by atoms with Gasteiger partial charge in [-0.2, -0.15) is 0 Å². The van der Waals surface area contributed by atoms with E-state index in [0.717, 1.165) is 0 Å². The van der Waals surface area contributed by atoms with Crippen LogP contribution in [0.1, 0.15) is 0 Å². The molecule has 0 saturated heterocycles. The van der Waals surface area contributed by atoms with Gasteiger partial charge in [0.2, 0.25) is 15.9 Å². The molecule has 8 heavy (non-hydrogen) atoms. The summed E-state index contributed by atoms with van der Waals surface area (Å²) in [5.74, 6) is -1.72. The first-order chi connectivity index (χ1) is 3.42. The molecule has 0 spiro atoms. The Bertz CT molecular complexity index is 181. The van der Waals surface area contributed by atoms with Gasteiger partial charge in [0, 0.05) is 0 Å². The van der Waals surface area contributed by atoms with Gasteiger partial charge in [0.05, 0.1) is 0 Å². The Balaban J connectivity index is 3.95. The zero-order valence-corrected chi connectivity index (χ0v) is 4.81. The zero-order valence-electron chi connectivity index (χ0n) is 3.99.